The molecule has 2 aliphatic rings. The summed E-state index contributed by atoms with van der Waals surface area (Å²) in [5.41, 5.74) is 28.1. The SMILES string of the molecule is CC(=O)O.NC(=O)CC[C@@H]1NC(=O)[C@H](Cc2ccccc2)NC(=O)[C@H](Cc2ccc(O)cc2)NC(=O)CCSSC[C@@H](C(=O)N2CCC[C@H]2C(=O)N[C@@H](CCCN=C(N)N)C(=O)NCC(N)=O)NC(=O)[C@H](CC(N)=O)NC1=O.O.O.O. The molecule has 0 radical (unpaired) electrons. The smallest absolute Gasteiger partial charge is 0.300 e. The number of hydrogen-bond donors (Lipinski definition) is 14. The van der Waals surface area contributed by atoms with E-state index >= 15 is 0 Å². The number of aliphatic imine (C=N–C) groups is 1. The second-order valence-corrected chi connectivity index (χ2v) is 20.5. The Bertz CT molecular complexity index is 2490. The van der Waals surface area contributed by atoms with Crippen LogP contribution in [0.15, 0.2) is 59.6 Å². The molecule has 0 aliphatic carbocycles. The minimum Gasteiger partial charge on any atom is -0.508 e. The number of likely N-dealkylation sites (tertiary alicyclic amines) is 1. The summed E-state index contributed by atoms with van der Waals surface area (Å²) in [6, 6.07) is 4.52. The average Bonchev–Trinajstić information content (AvgIpc) is 3.87. The highest BCUT2D eigenvalue weighted by Gasteiger charge is 2.40. The van der Waals surface area contributed by atoms with Crippen molar-refractivity contribution in [2.24, 2.45) is 33.7 Å². The number of benzene rings is 2. The number of nitrogens with zero attached hydrogens (tertiary/aromatic N) is 2. The van der Waals surface area contributed by atoms with Crippen molar-refractivity contribution in [2.75, 3.05) is 31.1 Å². The normalized spacial score (nSPS) is 20.2. The van der Waals surface area contributed by atoms with E-state index in [2.05, 4.69) is 42.2 Å². The molecule has 25 N–H and O–H groups in total. The number of guanidine groups is 1. The molecule has 0 bridgehead atoms. The number of nitrogens with two attached hydrogens (primary N) is 5. The highest BCUT2D eigenvalue weighted by atomic mass is 33.1. The summed E-state index contributed by atoms with van der Waals surface area (Å²) < 4.78 is 0. The second kappa shape index (κ2) is 37.6. The first-order valence-corrected chi connectivity index (χ1v) is 27.0. The quantitative estimate of drug-likeness (QED) is 0.0269. The number of carboxylic acids is 1. The molecule has 2 heterocycles. The first-order valence-electron chi connectivity index (χ1n) is 24.5. The Morgan fingerprint density at radius 1 is 0.728 bits per heavy atom. The van der Waals surface area contributed by atoms with Gasteiger partial charge in [0.25, 0.3) is 5.97 Å². The van der Waals surface area contributed by atoms with Crippen LogP contribution in [0.25, 0.3) is 0 Å². The van der Waals surface area contributed by atoms with Gasteiger partial charge >= 0.3 is 0 Å². The lowest BCUT2D eigenvalue weighted by Gasteiger charge is -2.31. The molecule has 81 heavy (non-hydrogen) atoms. The van der Waals surface area contributed by atoms with Crippen molar-refractivity contribution < 1.29 is 84.2 Å². The molecule has 2 aromatic carbocycles. The van der Waals surface area contributed by atoms with E-state index in [9.17, 15) is 57.8 Å². The van der Waals surface area contributed by atoms with E-state index in [0.29, 0.717) is 17.5 Å². The number of carbonyl (C=O) groups excluding carboxylic acids is 11. The Morgan fingerprint density at radius 3 is 1.86 bits per heavy atom. The van der Waals surface area contributed by atoms with Crippen LogP contribution in [-0.4, -0.2) is 182 Å². The Labute approximate surface area is 472 Å². The number of amides is 11. The van der Waals surface area contributed by atoms with Crippen LogP contribution in [-0.2, 0) is 70.4 Å². The van der Waals surface area contributed by atoms with Crippen LogP contribution in [0.4, 0.5) is 0 Å². The van der Waals surface area contributed by atoms with E-state index in [1.165, 1.54) is 17.0 Å². The number of nitrogens with one attached hydrogen (secondary N) is 7. The van der Waals surface area contributed by atoms with Crippen molar-refractivity contribution in [3.8, 4) is 5.75 Å². The fourth-order valence-electron chi connectivity index (χ4n) is 7.78. The molecule has 7 atom stereocenters. The van der Waals surface area contributed by atoms with Gasteiger partial charge in [-0.25, -0.2) is 0 Å². The number of carbonyl (C=O) groups is 12. The summed E-state index contributed by atoms with van der Waals surface area (Å²) in [4.78, 5) is 162. The molecular weight excluding hydrogens is 1110 g/mol. The standard InChI is InChI=1S/C46H64N14O12S2.C2H4O2.3H2O/c47-35(62)15-14-29-40(67)58-32(22-36(48)63)43(70)59-33(45(72)60-18-5-9-34(60)44(71)56-28(8-4-17-52-46(50)51)39(66)53-23-37(49)64)24-74-73-19-16-38(65)54-30(21-26-10-12-27(61)13-11-26)41(68)57-31(42(69)55-29)20-25-6-2-1-3-7-25;1-2(3)4;;;/h1-3,6-7,10-13,28-34,61H,4-5,8-9,14-24H2,(H2,47,62)(H2,48,63)(H2,49,64)(H,53,66)(H,54,65)(H,55,69)(H,56,71)(H,57,68)(H,58,67)(H,59,70)(H4,50,51,52);1H3,(H,3,4);3*1H2/t28-,29-,30-,31-,32-,33-,34-;;;;/m0..../s1. The first-order chi connectivity index (χ1) is 36.9. The van der Waals surface area contributed by atoms with Gasteiger partial charge in [0.1, 0.15) is 48.0 Å². The number of primary amides is 3. The molecule has 0 spiro atoms. The lowest BCUT2D eigenvalue weighted by molar-refractivity contribution is -0.142. The molecule has 2 aliphatic heterocycles. The monoisotopic (exact) mass is 1180 g/mol. The van der Waals surface area contributed by atoms with Crippen LogP contribution in [0.3, 0.4) is 0 Å². The fraction of sp³-hybridized carbons (Fsp3) is 0.479. The summed E-state index contributed by atoms with van der Waals surface area (Å²) in [7, 11) is 2.19. The molecule has 2 saturated heterocycles. The van der Waals surface area contributed by atoms with Crippen LogP contribution in [0, 0.1) is 0 Å². The van der Waals surface area contributed by atoms with Gasteiger partial charge in [0.2, 0.25) is 65.0 Å². The Morgan fingerprint density at radius 2 is 1.28 bits per heavy atom. The van der Waals surface area contributed by atoms with Gasteiger partial charge in [-0.2, -0.15) is 0 Å². The number of phenolic OH excluding ortho intramolecular Hbond substituents is 1. The van der Waals surface area contributed by atoms with Gasteiger partial charge in [-0.1, -0.05) is 64.1 Å². The van der Waals surface area contributed by atoms with Gasteiger partial charge < -0.3 is 97.4 Å². The Kier molecular flexibility index (Phi) is 33.7. The zero-order valence-electron chi connectivity index (χ0n) is 44.2. The summed E-state index contributed by atoms with van der Waals surface area (Å²) in [6.07, 6.45) is -1.34. The Hall–Kier alpha value is -8.27. The van der Waals surface area contributed by atoms with Gasteiger partial charge in [0, 0.05) is 57.2 Å². The molecule has 0 aromatic heterocycles. The van der Waals surface area contributed by atoms with Crippen molar-refractivity contribution in [1.82, 2.24) is 42.1 Å². The van der Waals surface area contributed by atoms with Gasteiger partial charge in [0.05, 0.1) is 13.0 Å². The molecule has 33 heteroatoms. The van der Waals surface area contributed by atoms with Crippen LogP contribution in [0.2, 0.25) is 0 Å². The van der Waals surface area contributed by atoms with Crippen molar-refractivity contribution in [2.45, 2.75) is 113 Å². The predicted octanol–water partition coefficient (Wildman–Crippen LogP) is -6.72. The summed E-state index contributed by atoms with van der Waals surface area (Å²) >= 11 is 0. The number of phenols is 1. The zero-order chi connectivity index (χ0) is 57.9. The van der Waals surface area contributed by atoms with Gasteiger partial charge in [-0.3, -0.25) is 62.5 Å². The van der Waals surface area contributed by atoms with Gasteiger partial charge in [0.15, 0.2) is 5.96 Å². The number of carboxylic acid groups (broad SMARTS) is 1. The number of rotatable bonds is 19. The highest BCUT2D eigenvalue weighted by Crippen LogP contribution is 2.26. The highest BCUT2D eigenvalue weighted by molar-refractivity contribution is 8.76. The third-order valence-electron chi connectivity index (χ3n) is 11.5. The largest absolute Gasteiger partial charge is 0.508 e. The minimum absolute atomic E-state index is 0. The van der Waals surface area contributed by atoms with E-state index in [0.717, 1.165) is 28.5 Å². The lowest BCUT2D eigenvalue weighted by Crippen LogP contribution is -2.61. The first kappa shape index (κ1) is 72.7. The van der Waals surface area contributed by atoms with Crippen LogP contribution in [0.1, 0.15) is 69.4 Å². The van der Waals surface area contributed by atoms with Crippen LogP contribution >= 0.6 is 21.6 Å². The van der Waals surface area contributed by atoms with Crippen molar-refractivity contribution in [3.63, 3.8) is 0 Å². The molecule has 31 nitrogen and oxygen atoms in total. The molecule has 450 valence electrons. The summed E-state index contributed by atoms with van der Waals surface area (Å²) in [5.74, 6) is -10.6. The predicted molar refractivity (Wildman–Crippen MR) is 296 cm³/mol. The third kappa shape index (κ3) is 27.4. The summed E-state index contributed by atoms with van der Waals surface area (Å²) in [5, 5.41) is 35.2. The van der Waals surface area contributed by atoms with Crippen LogP contribution in [0.5, 0.6) is 5.75 Å². The maximum Gasteiger partial charge on any atom is 0.300 e. The molecule has 0 unspecified atom stereocenters. The molecular formula is C48H74N14O17S2. The van der Waals surface area contributed by atoms with E-state index in [1.807, 2.05) is 0 Å². The molecule has 11 amide bonds. The number of aliphatic carboxylic acids is 1. The third-order valence-corrected chi connectivity index (χ3v) is 13.9. The van der Waals surface area contributed by atoms with Gasteiger partial charge in [-0.15, -0.1) is 0 Å². The van der Waals surface area contributed by atoms with E-state index in [-0.39, 0.29) is 91.3 Å². The fourth-order valence-corrected chi connectivity index (χ4v) is 9.93. The Balaban J connectivity index is 0.00000883. The molecule has 0 saturated carbocycles. The number of hydrogen-bond acceptors (Lipinski definition) is 16. The second-order valence-electron chi connectivity index (χ2n) is 17.9. The van der Waals surface area contributed by atoms with Crippen molar-refractivity contribution in [1.29, 1.82) is 0 Å². The van der Waals surface area contributed by atoms with E-state index in [4.69, 9.17) is 38.6 Å². The average molecular weight is 1180 g/mol. The zero-order valence-corrected chi connectivity index (χ0v) is 45.9. The van der Waals surface area contributed by atoms with Crippen molar-refractivity contribution >= 4 is 98.5 Å². The van der Waals surface area contributed by atoms with E-state index < -0.39 is 139 Å². The lowest BCUT2D eigenvalue weighted by atomic mass is 10.0. The maximum atomic E-state index is 14.6. The molecule has 2 fully saturated rings. The minimum atomic E-state index is -1.77. The molecule has 4 rings (SSSR count). The molecule has 2 aromatic rings. The maximum absolute atomic E-state index is 14.6. The van der Waals surface area contributed by atoms with Crippen molar-refractivity contribution in [3.05, 3.63) is 65.7 Å². The summed E-state index contributed by atoms with van der Waals surface area (Å²) in [6.45, 7) is 0.682. The van der Waals surface area contributed by atoms with Gasteiger partial charge in [-0.05, 0) is 55.4 Å². The van der Waals surface area contributed by atoms with E-state index in [1.54, 1.807) is 42.5 Å². The van der Waals surface area contributed by atoms with Crippen LogP contribution < -0.4 is 65.9 Å². The topological polar surface area (TPSA) is 570 Å². The number of aromatic hydroxyl groups is 1.